The van der Waals surface area contributed by atoms with Gasteiger partial charge in [0.15, 0.2) is 11.6 Å². The molecule has 0 saturated heterocycles. The molecule has 3 nitrogen and oxygen atoms in total. The number of benzene rings is 2. The topological polar surface area (TPSA) is 35.0 Å². The fourth-order valence-electron chi connectivity index (χ4n) is 2.48. The lowest BCUT2D eigenvalue weighted by Crippen LogP contribution is -1.93. The molecule has 0 spiro atoms. The van der Waals surface area contributed by atoms with Gasteiger partial charge >= 0.3 is 0 Å². The van der Waals surface area contributed by atoms with Crippen molar-refractivity contribution in [3.05, 3.63) is 66.5 Å². The van der Waals surface area contributed by atoms with E-state index in [1.54, 1.807) is 12.4 Å². The summed E-state index contributed by atoms with van der Waals surface area (Å²) in [6, 6.07) is 11.3. The zero-order chi connectivity index (χ0) is 15.5. The average molecular weight is 294 g/mol. The van der Waals surface area contributed by atoms with Crippen LogP contribution in [0.2, 0.25) is 0 Å². The Morgan fingerprint density at radius 3 is 2.23 bits per heavy atom. The van der Waals surface area contributed by atoms with Crippen molar-refractivity contribution < 1.29 is 9.13 Å². The summed E-state index contributed by atoms with van der Waals surface area (Å²) in [4.78, 5) is 8.05. The molecule has 3 aromatic rings. The Morgan fingerprint density at radius 1 is 0.909 bits per heavy atom. The zero-order valence-corrected chi connectivity index (χ0v) is 12.4. The van der Waals surface area contributed by atoms with Crippen molar-refractivity contribution in [1.82, 2.24) is 9.97 Å². The zero-order valence-electron chi connectivity index (χ0n) is 12.4. The number of ether oxygens (including phenoxy) is 1. The number of aromatic nitrogens is 2. The van der Waals surface area contributed by atoms with Crippen LogP contribution in [-0.4, -0.2) is 17.1 Å². The van der Waals surface area contributed by atoms with Crippen LogP contribution in [0.5, 0.6) is 5.75 Å². The molecule has 0 aliphatic heterocycles. The van der Waals surface area contributed by atoms with Gasteiger partial charge in [-0.05, 0) is 47.4 Å². The second kappa shape index (κ2) is 5.93. The van der Waals surface area contributed by atoms with E-state index >= 15 is 0 Å². The second-order valence-corrected chi connectivity index (χ2v) is 5.02. The maximum absolute atomic E-state index is 14.1. The number of hydrogen-bond acceptors (Lipinski definition) is 3. The third-order valence-corrected chi connectivity index (χ3v) is 3.52. The normalized spacial score (nSPS) is 10.5. The van der Waals surface area contributed by atoms with Crippen LogP contribution in [0.4, 0.5) is 4.39 Å². The number of halogens is 1. The van der Waals surface area contributed by atoms with Crippen LogP contribution in [-0.2, 0) is 0 Å². The van der Waals surface area contributed by atoms with E-state index < -0.39 is 0 Å². The molecule has 0 saturated carbocycles. The van der Waals surface area contributed by atoms with Crippen LogP contribution >= 0.6 is 0 Å². The average Bonchev–Trinajstić information content (AvgIpc) is 2.55. The fraction of sp³-hybridized carbons (Fsp3) is 0.111. The van der Waals surface area contributed by atoms with Crippen LogP contribution in [0.1, 0.15) is 5.56 Å². The van der Waals surface area contributed by atoms with Crippen molar-refractivity contribution in [2.45, 2.75) is 6.92 Å². The third kappa shape index (κ3) is 2.68. The molecule has 22 heavy (non-hydrogen) atoms. The van der Waals surface area contributed by atoms with Crippen molar-refractivity contribution in [3.63, 3.8) is 0 Å². The predicted molar refractivity (Wildman–Crippen MR) is 84.2 cm³/mol. The lowest BCUT2D eigenvalue weighted by molar-refractivity contribution is 0.383. The fourth-order valence-corrected chi connectivity index (χ4v) is 2.48. The maximum Gasteiger partial charge on any atom is 0.165 e. The predicted octanol–water partition coefficient (Wildman–Crippen LogP) is 4.27. The lowest BCUT2D eigenvalue weighted by Gasteiger charge is -2.10. The third-order valence-electron chi connectivity index (χ3n) is 3.52. The molecule has 3 rings (SSSR count). The SMILES string of the molecule is COc1c(C)cc(-c2cccc(-c3cncnc3)c2)cc1F. The Bertz CT molecular complexity index is 780. The highest BCUT2D eigenvalue weighted by Crippen LogP contribution is 2.31. The van der Waals surface area contributed by atoms with Gasteiger partial charge in [0.2, 0.25) is 0 Å². The summed E-state index contributed by atoms with van der Waals surface area (Å²) < 4.78 is 19.1. The molecular formula is C18H15FN2O. The minimum atomic E-state index is -0.356. The minimum Gasteiger partial charge on any atom is -0.493 e. The number of rotatable bonds is 3. The van der Waals surface area contributed by atoms with Crippen molar-refractivity contribution in [2.24, 2.45) is 0 Å². The van der Waals surface area contributed by atoms with E-state index in [9.17, 15) is 4.39 Å². The summed E-state index contributed by atoms with van der Waals surface area (Å²) in [5, 5.41) is 0. The van der Waals surface area contributed by atoms with Gasteiger partial charge in [0, 0.05) is 18.0 Å². The number of aryl methyl sites for hydroxylation is 1. The van der Waals surface area contributed by atoms with Crippen LogP contribution in [0.15, 0.2) is 55.1 Å². The first-order chi connectivity index (χ1) is 10.7. The van der Waals surface area contributed by atoms with Crippen LogP contribution in [0.25, 0.3) is 22.3 Å². The van der Waals surface area contributed by atoms with E-state index in [2.05, 4.69) is 9.97 Å². The molecule has 2 aromatic carbocycles. The van der Waals surface area contributed by atoms with Crippen LogP contribution < -0.4 is 4.74 Å². The number of nitrogens with zero attached hydrogens (tertiary/aromatic N) is 2. The number of methoxy groups -OCH3 is 1. The van der Waals surface area contributed by atoms with Crippen molar-refractivity contribution in [2.75, 3.05) is 7.11 Å². The highest BCUT2D eigenvalue weighted by atomic mass is 19.1. The first-order valence-electron chi connectivity index (χ1n) is 6.89. The highest BCUT2D eigenvalue weighted by molar-refractivity contribution is 5.73. The molecule has 1 aromatic heterocycles. The Morgan fingerprint density at radius 2 is 1.59 bits per heavy atom. The van der Waals surface area contributed by atoms with Crippen molar-refractivity contribution >= 4 is 0 Å². The molecule has 110 valence electrons. The molecule has 0 radical (unpaired) electrons. The Labute approximate surface area is 128 Å². The standard InChI is InChI=1S/C18H15FN2O/c1-12-6-15(8-17(19)18(12)22-2)13-4-3-5-14(7-13)16-9-20-11-21-10-16/h3-11H,1-2H3. The molecule has 0 aliphatic carbocycles. The van der Waals surface area contributed by atoms with E-state index in [4.69, 9.17) is 4.74 Å². The van der Waals surface area contributed by atoms with Gasteiger partial charge in [-0.3, -0.25) is 0 Å². The number of hydrogen-bond donors (Lipinski definition) is 0. The van der Waals surface area contributed by atoms with Gasteiger partial charge in [0.1, 0.15) is 6.33 Å². The smallest absolute Gasteiger partial charge is 0.165 e. The van der Waals surface area contributed by atoms with E-state index in [0.717, 1.165) is 27.8 Å². The second-order valence-electron chi connectivity index (χ2n) is 5.02. The Balaban J connectivity index is 2.07. The van der Waals surface area contributed by atoms with Gasteiger partial charge in [-0.2, -0.15) is 0 Å². The molecule has 0 bridgehead atoms. The van der Waals surface area contributed by atoms with Crippen LogP contribution in [0.3, 0.4) is 0 Å². The quantitative estimate of drug-likeness (QED) is 0.723. The Kier molecular flexibility index (Phi) is 3.83. The van der Waals surface area contributed by atoms with Gasteiger partial charge < -0.3 is 4.74 Å². The van der Waals surface area contributed by atoms with Crippen molar-refractivity contribution in [1.29, 1.82) is 0 Å². The van der Waals surface area contributed by atoms with E-state index in [0.29, 0.717) is 0 Å². The highest BCUT2D eigenvalue weighted by Gasteiger charge is 2.10. The molecule has 0 N–H and O–H groups in total. The van der Waals surface area contributed by atoms with Gasteiger partial charge in [0.05, 0.1) is 7.11 Å². The first kappa shape index (κ1) is 14.2. The molecule has 1 heterocycles. The van der Waals surface area contributed by atoms with Gasteiger partial charge in [-0.25, -0.2) is 14.4 Å². The molecule has 4 heteroatoms. The summed E-state index contributed by atoms with van der Waals surface area (Å²) in [6.45, 7) is 1.83. The molecule has 0 unspecified atom stereocenters. The summed E-state index contributed by atoms with van der Waals surface area (Å²) >= 11 is 0. The molecule has 0 fully saturated rings. The summed E-state index contributed by atoms with van der Waals surface area (Å²) in [5.74, 6) is -0.0673. The molecule has 0 aliphatic rings. The van der Waals surface area contributed by atoms with Crippen molar-refractivity contribution in [3.8, 4) is 28.0 Å². The summed E-state index contributed by atoms with van der Waals surface area (Å²) in [6.07, 6.45) is 5.01. The summed E-state index contributed by atoms with van der Waals surface area (Å²) in [5.41, 5.74) is 4.44. The molecule has 0 amide bonds. The first-order valence-corrected chi connectivity index (χ1v) is 6.89. The van der Waals surface area contributed by atoms with Crippen LogP contribution in [0, 0.1) is 12.7 Å². The summed E-state index contributed by atoms with van der Waals surface area (Å²) in [7, 11) is 1.47. The monoisotopic (exact) mass is 294 g/mol. The van der Waals surface area contributed by atoms with E-state index in [-0.39, 0.29) is 11.6 Å². The molecular weight excluding hydrogens is 279 g/mol. The van der Waals surface area contributed by atoms with Gasteiger partial charge in [0.25, 0.3) is 0 Å². The minimum absolute atomic E-state index is 0.288. The maximum atomic E-state index is 14.1. The van der Waals surface area contributed by atoms with Gasteiger partial charge in [-0.1, -0.05) is 18.2 Å². The largest absolute Gasteiger partial charge is 0.493 e. The van der Waals surface area contributed by atoms with E-state index in [1.165, 1.54) is 19.5 Å². The Hall–Kier alpha value is -2.75. The van der Waals surface area contributed by atoms with Gasteiger partial charge in [-0.15, -0.1) is 0 Å². The van der Waals surface area contributed by atoms with E-state index in [1.807, 2.05) is 37.3 Å². The molecule has 0 atom stereocenters. The lowest BCUT2D eigenvalue weighted by atomic mass is 9.99.